The van der Waals surface area contributed by atoms with Gasteiger partial charge in [-0.3, -0.25) is 9.59 Å². The maximum absolute atomic E-state index is 11.5. The zero-order valence-electron chi connectivity index (χ0n) is 7.46. The molecule has 0 spiro atoms. The first-order valence-electron chi connectivity index (χ1n) is 3.99. The molecule has 14 heavy (non-hydrogen) atoms. The highest BCUT2D eigenvalue weighted by molar-refractivity contribution is 9.10. The van der Waals surface area contributed by atoms with Gasteiger partial charge in [0.05, 0.1) is 5.38 Å². The lowest BCUT2D eigenvalue weighted by Crippen LogP contribution is -2.11. The van der Waals surface area contributed by atoms with Crippen molar-refractivity contribution in [2.75, 3.05) is 0 Å². The van der Waals surface area contributed by atoms with E-state index >= 15 is 0 Å². The quantitative estimate of drug-likeness (QED) is 0.483. The van der Waals surface area contributed by atoms with Crippen LogP contribution in [-0.4, -0.2) is 17.4 Å². The second-order valence-electron chi connectivity index (χ2n) is 2.84. The van der Waals surface area contributed by atoms with Gasteiger partial charge in [-0.05, 0) is 19.1 Å². The average molecular weight is 276 g/mol. The van der Waals surface area contributed by atoms with Crippen molar-refractivity contribution in [1.82, 2.24) is 0 Å². The Morgan fingerprint density at radius 2 is 2.21 bits per heavy atom. The molecule has 1 unspecified atom stereocenters. The highest BCUT2D eigenvalue weighted by Crippen LogP contribution is 2.20. The van der Waals surface area contributed by atoms with Crippen LogP contribution in [0.2, 0.25) is 0 Å². The lowest BCUT2D eigenvalue weighted by molar-refractivity contribution is 0.0990. The van der Waals surface area contributed by atoms with E-state index in [1.54, 1.807) is 25.1 Å². The van der Waals surface area contributed by atoms with Crippen LogP contribution in [0.1, 0.15) is 27.6 Å². The van der Waals surface area contributed by atoms with E-state index in [1.807, 2.05) is 0 Å². The molecule has 0 amide bonds. The molecule has 0 aliphatic carbocycles. The van der Waals surface area contributed by atoms with Gasteiger partial charge >= 0.3 is 0 Å². The van der Waals surface area contributed by atoms with Crippen LogP contribution in [-0.2, 0) is 0 Å². The number of carbonyl (C=O) groups is 2. The van der Waals surface area contributed by atoms with E-state index in [0.29, 0.717) is 15.6 Å². The zero-order valence-corrected chi connectivity index (χ0v) is 9.80. The number of alkyl halides is 1. The first-order valence-corrected chi connectivity index (χ1v) is 5.22. The van der Waals surface area contributed by atoms with Gasteiger partial charge < -0.3 is 0 Å². The molecule has 74 valence electrons. The summed E-state index contributed by atoms with van der Waals surface area (Å²) in [5, 5.41) is -0.562. The second kappa shape index (κ2) is 4.71. The van der Waals surface area contributed by atoms with Crippen LogP contribution < -0.4 is 0 Å². The van der Waals surface area contributed by atoms with Crippen LogP contribution in [0.3, 0.4) is 0 Å². The lowest BCUT2D eigenvalue weighted by Gasteiger charge is -2.05. The number of ketones is 1. The summed E-state index contributed by atoms with van der Waals surface area (Å²) in [4.78, 5) is 22.0. The van der Waals surface area contributed by atoms with Gasteiger partial charge in [-0.15, -0.1) is 11.6 Å². The molecule has 1 aromatic rings. The van der Waals surface area contributed by atoms with E-state index in [-0.39, 0.29) is 5.78 Å². The molecule has 0 aromatic heterocycles. The number of hydrogen-bond donors (Lipinski definition) is 0. The predicted octanol–water partition coefficient (Wildman–Crippen LogP) is 3.07. The Morgan fingerprint density at radius 1 is 1.57 bits per heavy atom. The monoisotopic (exact) mass is 274 g/mol. The SMILES string of the molecule is CC(Cl)C(=O)c1ccc(C=O)cc1Br. The molecule has 1 aromatic carbocycles. The number of halogens is 2. The van der Waals surface area contributed by atoms with E-state index in [2.05, 4.69) is 15.9 Å². The summed E-state index contributed by atoms with van der Waals surface area (Å²) in [5.41, 5.74) is 1.02. The number of carbonyl (C=O) groups excluding carboxylic acids is 2. The van der Waals surface area contributed by atoms with Crippen LogP contribution in [0.15, 0.2) is 22.7 Å². The van der Waals surface area contributed by atoms with Gasteiger partial charge in [-0.1, -0.05) is 22.0 Å². The van der Waals surface area contributed by atoms with E-state index < -0.39 is 5.38 Å². The molecule has 0 N–H and O–H groups in total. The minimum absolute atomic E-state index is 0.156. The summed E-state index contributed by atoms with van der Waals surface area (Å²) < 4.78 is 0.597. The van der Waals surface area contributed by atoms with Gasteiger partial charge in [0.1, 0.15) is 6.29 Å². The number of hydrogen-bond acceptors (Lipinski definition) is 2. The third kappa shape index (κ3) is 2.42. The number of benzene rings is 1. The Balaban J connectivity index is 3.12. The van der Waals surface area contributed by atoms with E-state index in [4.69, 9.17) is 11.6 Å². The summed E-state index contributed by atoms with van der Waals surface area (Å²) in [7, 11) is 0. The molecule has 2 nitrogen and oxygen atoms in total. The Morgan fingerprint density at radius 3 is 2.64 bits per heavy atom. The number of rotatable bonds is 3. The molecule has 1 rings (SSSR count). The Hall–Kier alpha value is -0.670. The van der Waals surface area contributed by atoms with Crippen molar-refractivity contribution in [2.24, 2.45) is 0 Å². The van der Waals surface area contributed by atoms with Crippen molar-refractivity contribution in [2.45, 2.75) is 12.3 Å². The van der Waals surface area contributed by atoms with Crippen molar-refractivity contribution < 1.29 is 9.59 Å². The van der Waals surface area contributed by atoms with Crippen LogP contribution in [0, 0.1) is 0 Å². The fourth-order valence-electron chi connectivity index (χ4n) is 1.02. The topological polar surface area (TPSA) is 34.1 Å². The van der Waals surface area contributed by atoms with Crippen LogP contribution >= 0.6 is 27.5 Å². The maximum Gasteiger partial charge on any atom is 0.181 e. The van der Waals surface area contributed by atoms with Crippen molar-refractivity contribution in [1.29, 1.82) is 0 Å². The fraction of sp³-hybridized carbons (Fsp3) is 0.200. The highest BCUT2D eigenvalue weighted by Gasteiger charge is 2.15. The normalized spacial score (nSPS) is 12.2. The van der Waals surface area contributed by atoms with Crippen molar-refractivity contribution in [3.63, 3.8) is 0 Å². The third-order valence-electron chi connectivity index (χ3n) is 1.76. The van der Waals surface area contributed by atoms with Gasteiger partial charge in [-0.25, -0.2) is 0 Å². The minimum Gasteiger partial charge on any atom is -0.298 e. The van der Waals surface area contributed by atoms with Crippen LogP contribution in [0.25, 0.3) is 0 Å². The Bertz CT molecular complexity index is 374. The molecule has 0 fully saturated rings. The predicted molar refractivity (Wildman–Crippen MR) is 59.2 cm³/mol. The zero-order chi connectivity index (χ0) is 10.7. The van der Waals surface area contributed by atoms with Gasteiger partial charge in [0.15, 0.2) is 5.78 Å². The van der Waals surface area contributed by atoms with E-state index in [0.717, 1.165) is 6.29 Å². The van der Waals surface area contributed by atoms with Crippen LogP contribution in [0.5, 0.6) is 0 Å². The Kier molecular flexibility index (Phi) is 3.84. The third-order valence-corrected chi connectivity index (χ3v) is 2.61. The molecule has 0 saturated carbocycles. The second-order valence-corrected chi connectivity index (χ2v) is 4.35. The van der Waals surface area contributed by atoms with Crippen molar-refractivity contribution >= 4 is 39.6 Å². The van der Waals surface area contributed by atoms with Gasteiger partial charge in [0.25, 0.3) is 0 Å². The average Bonchev–Trinajstić information content (AvgIpc) is 2.16. The molecule has 0 bridgehead atoms. The standard InChI is InChI=1S/C10H8BrClO2/c1-6(12)10(14)8-3-2-7(5-13)4-9(8)11/h2-6H,1H3. The maximum atomic E-state index is 11.5. The largest absolute Gasteiger partial charge is 0.298 e. The molecule has 0 aliphatic rings. The summed E-state index contributed by atoms with van der Waals surface area (Å²) in [6.07, 6.45) is 0.725. The molecule has 0 radical (unpaired) electrons. The van der Waals surface area contributed by atoms with Crippen molar-refractivity contribution in [3.8, 4) is 0 Å². The molecular weight excluding hydrogens is 267 g/mol. The van der Waals surface area contributed by atoms with Gasteiger partial charge in [0, 0.05) is 15.6 Å². The van der Waals surface area contributed by atoms with Gasteiger partial charge in [0.2, 0.25) is 0 Å². The molecule has 1 atom stereocenters. The number of aldehydes is 1. The number of Topliss-reactive ketones (excluding diaryl/α,β-unsaturated/α-hetero) is 1. The smallest absolute Gasteiger partial charge is 0.181 e. The first-order chi connectivity index (χ1) is 6.56. The minimum atomic E-state index is -0.562. The molecular formula is C10H8BrClO2. The van der Waals surface area contributed by atoms with Gasteiger partial charge in [-0.2, -0.15) is 0 Å². The first kappa shape index (κ1) is 11.4. The summed E-state index contributed by atoms with van der Waals surface area (Å²) in [5.74, 6) is -0.156. The molecule has 0 heterocycles. The summed E-state index contributed by atoms with van der Waals surface area (Å²) in [6, 6.07) is 4.78. The Labute approximate surface area is 95.4 Å². The molecule has 4 heteroatoms. The lowest BCUT2D eigenvalue weighted by atomic mass is 10.1. The van der Waals surface area contributed by atoms with E-state index in [1.165, 1.54) is 0 Å². The summed E-state index contributed by atoms with van der Waals surface area (Å²) in [6.45, 7) is 1.62. The molecule has 0 saturated heterocycles. The highest BCUT2D eigenvalue weighted by atomic mass is 79.9. The van der Waals surface area contributed by atoms with Crippen LogP contribution in [0.4, 0.5) is 0 Å². The van der Waals surface area contributed by atoms with Crippen molar-refractivity contribution in [3.05, 3.63) is 33.8 Å². The summed E-state index contributed by atoms with van der Waals surface area (Å²) >= 11 is 8.89. The molecule has 0 aliphatic heterocycles. The van der Waals surface area contributed by atoms with E-state index in [9.17, 15) is 9.59 Å². The fourth-order valence-corrected chi connectivity index (χ4v) is 1.73.